The number of benzene rings is 2. The van der Waals surface area contributed by atoms with Crippen molar-refractivity contribution in [1.29, 1.82) is 0 Å². The fraction of sp³-hybridized carbons (Fsp3) is 0.167. The minimum Gasteiger partial charge on any atom is -0.493 e. The molecule has 0 unspecified atom stereocenters. The molecule has 0 heterocycles. The molecule has 0 saturated heterocycles. The maximum atomic E-state index is 12.4. The zero-order valence-corrected chi connectivity index (χ0v) is 14.9. The van der Waals surface area contributed by atoms with E-state index in [0.717, 1.165) is 5.56 Å². The van der Waals surface area contributed by atoms with Crippen molar-refractivity contribution >= 4 is 23.2 Å². The van der Waals surface area contributed by atoms with Crippen LogP contribution in [0.5, 0.6) is 17.2 Å². The Labute approximate surface area is 151 Å². The zero-order valence-electron chi connectivity index (χ0n) is 14.2. The molecule has 0 atom stereocenters. The summed E-state index contributed by atoms with van der Waals surface area (Å²) in [5, 5.41) is 0.623. The molecule has 0 aromatic heterocycles. The van der Waals surface area contributed by atoms with E-state index in [-0.39, 0.29) is 5.91 Å². The average Bonchev–Trinajstić information content (AvgIpc) is 2.64. The molecule has 0 fully saturated rings. The smallest absolute Gasteiger partial charge is 0.269 e. The minimum absolute atomic E-state index is 0.339. The first-order valence-electron chi connectivity index (χ1n) is 7.31. The highest BCUT2D eigenvalue weighted by atomic mass is 35.5. The van der Waals surface area contributed by atoms with E-state index in [4.69, 9.17) is 25.8 Å². The van der Waals surface area contributed by atoms with Crippen LogP contribution < -0.4 is 25.1 Å². The Bertz CT molecular complexity index is 750. The number of carbonyl (C=O) groups excluding carboxylic acids is 1. The Morgan fingerprint density at radius 2 is 1.48 bits per heavy atom. The number of hydrazine groups is 1. The SMILES string of the molecule is C=C(NNC(=O)c1cc(OC)c(OC)c(OC)c1)c1ccc(Cl)cc1. The number of rotatable bonds is 7. The summed E-state index contributed by atoms with van der Waals surface area (Å²) in [6.07, 6.45) is 0. The van der Waals surface area contributed by atoms with Gasteiger partial charge in [-0.25, -0.2) is 0 Å². The number of hydrogen-bond acceptors (Lipinski definition) is 5. The highest BCUT2D eigenvalue weighted by molar-refractivity contribution is 6.30. The molecule has 0 aliphatic rings. The van der Waals surface area contributed by atoms with E-state index in [1.807, 2.05) is 0 Å². The lowest BCUT2D eigenvalue weighted by atomic mass is 10.1. The maximum absolute atomic E-state index is 12.4. The molecular weight excluding hydrogens is 344 g/mol. The van der Waals surface area contributed by atoms with Crippen LogP contribution in [-0.2, 0) is 0 Å². The van der Waals surface area contributed by atoms with Gasteiger partial charge in [0.25, 0.3) is 5.91 Å². The average molecular weight is 363 g/mol. The van der Waals surface area contributed by atoms with Gasteiger partial charge < -0.3 is 14.2 Å². The summed E-state index contributed by atoms with van der Waals surface area (Å²) in [7, 11) is 4.47. The van der Waals surface area contributed by atoms with Crippen LogP contribution in [0.15, 0.2) is 43.0 Å². The number of amides is 1. The first-order valence-corrected chi connectivity index (χ1v) is 7.69. The molecule has 25 heavy (non-hydrogen) atoms. The lowest BCUT2D eigenvalue weighted by Gasteiger charge is -2.15. The number of halogens is 1. The maximum Gasteiger partial charge on any atom is 0.269 e. The van der Waals surface area contributed by atoms with E-state index >= 15 is 0 Å². The lowest BCUT2D eigenvalue weighted by molar-refractivity contribution is 0.0941. The van der Waals surface area contributed by atoms with Gasteiger partial charge in [0, 0.05) is 10.6 Å². The van der Waals surface area contributed by atoms with E-state index in [0.29, 0.717) is 33.5 Å². The molecule has 2 N–H and O–H groups in total. The number of nitrogens with one attached hydrogen (secondary N) is 2. The van der Waals surface area contributed by atoms with Gasteiger partial charge in [-0.2, -0.15) is 0 Å². The third-order valence-corrected chi connectivity index (χ3v) is 3.70. The Kier molecular flexibility index (Phi) is 6.14. The summed E-state index contributed by atoms with van der Waals surface area (Å²) in [6, 6.07) is 10.2. The molecule has 2 rings (SSSR count). The summed E-state index contributed by atoms with van der Waals surface area (Å²) in [5.74, 6) is 0.821. The van der Waals surface area contributed by atoms with E-state index in [1.165, 1.54) is 21.3 Å². The Morgan fingerprint density at radius 3 is 1.96 bits per heavy atom. The van der Waals surface area contributed by atoms with Gasteiger partial charge in [-0.15, -0.1) is 0 Å². The molecule has 0 saturated carbocycles. The number of methoxy groups -OCH3 is 3. The van der Waals surface area contributed by atoms with E-state index in [2.05, 4.69) is 17.4 Å². The van der Waals surface area contributed by atoms with Crippen LogP contribution >= 0.6 is 11.6 Å². The summed E-state index contributed by atoms with van der Waals surface area (Å²) >= 11 is 5.85. The third-order valence-electron chi connectivity index (χ3n) is 3.45. The van der Waals surface area contributed by atoms with Gasteiger partial charge >= 0.3 is 0 Å². The highest BCUT2D eigenvalue weighted by Crippen LogP contribution is 2.38. The van der Waals surface area contributed by atoms with E-state index in [1.54, 1.807) is 36.4 Å². The van der Waals surface area contributed by atoms with Crippen molar-refractivity contribution in [1.82, 2.24) is 10.9 Å². The van der Waals surface area contributed by atoms with Crippen LogP contribution in [0.2, 0.25) is 5.02 Å². The minimum atomic E-state index is -0.380. The van der Waals surface area contributed by atoms with Crippen LogP contribution in [0.25, 0.3) is 5.70 Å². The highest BCUT2D eigenvalue weighted by Gasteiger charge is 2.17. The normalized spacial score (nSPS) is 9.92. The molecule has 132 valence electrons. The number of hydrogen-bond donors (Lipinski definition) is 2. The van der Waals surface area contributed by atoms with Crippen molar-refractivity contribution in [3.8, 4) is 17.2 Å². The first kappa shape index (κ1) is 18.5. The van der Waals surface area contributed by atoms with Gasteiger partial charge in [-0.1, -0.05) is 30.3 Å². The molecule has 2 aromatic carbocycles. The second-order valence-corrected chi connectivity index (χ2v) is 5.42. The molecule has 0 aliphatic carbocycles. The van der Waals surface area contributed by atoms with Crippen LogP contribution in [0.4, 0.5) is 0 Å². The predicted octanol–water partition coefficient (Wildman–Crippen LogP) is 3.27. The van der Waals surface area contributed by atoms with Crippen LogP contribution in [0, 0.1) is 0 Å². The largest absolute Gasteiger partial charge is 0.493 e. The Morgan fingerprint density at radius 1 is 0.920 bits per heavy atom. The fourth-order valence-corrected chi connectivity index (χ4v) is 2.27. The fourth-order valence-electron chi connectivity index (χ4n) is 2.14. The summed E-state index contributed by atoms with van der Waals surface area (Å²) in [4.78, 5) is 12.4. The van der Waals surface area contributed by atoms with Gasteiger partial charge in [0.1, 0.15) is 0 Å². The molecule has 1 amide bonds. The predicted molar refractivity (Wildman–Crippen MR) is 97.2 cm³/mol. The van der Waals surface area contributed by atoms with Gasteiger partial charge in [0.2, 0.25) is 5.75 Å². The molecule has 0 bridgehead atoms. The van der Waals surface area contributed by atoms with E-state index < -0.39 is 0 Å². The number of carbonyl (C=O) groups is 1. The van der Waals surface area contributed by atoms with Crippen molar-refractivity contribution in [2.75, 3.05) is 21.3 Å². The number of ether oxygens (including phenoxy) is 3. The summed E-state index contributed by atoms with van der Waals surface area (Å²) < 4.78 is 15.7. The van der Waals surface area contributed by atoms with Gasteiger partial charge in [-0.3, -0.25) is 15.6 Å². The van der Waals surface area contributed by atoms with Crippen molar-refractivity contribution in [3.63, 3.8) is 0 Å². The van der Waals surface area contributed by atoms with Gasteiger partial charge in [0.05, 0.1) is 27.0 Å². The van der Waals surface area contributed by atoms with Crippen molar-refractivity contribution in [3.05, 3.63) is 59.1 Å². The quantitative estimate of drug-likeness (QED) is 0.740. The zero-order chi connectivity index (χ0) is 18.4. The summed E-state index contributed by atoms with van der Waals surface area (Å²) in [5.41, 5.74) is 7.01. The van der Waals surface area contributed by atoms with Gasteiger partial charge in [-0.05, 0) is 29.8 Å². The van der Waals surface area contributed by atoms with Crippen LogP contribution in [-0.4, -0.2) is 27.2 Å². The van der Waals surface area contributed by atoms with Crippen LogP contribution in [0.3, 0.4) is 0 Å². The van der Waals surface area contributed by atoms with Crippen LogP contribution in [0.1, 0.15) is 15.9 Å². The molecule has 0 spiro atoms. The second kappa shape index (κ2) is 8.30. The standard InChI is InChI=1S/C18H19ClN2O4/c1-11(12-5-7-14(19)8-6-12)20-21-18(22)13-9-15(23-2)17(25-4)16(10-13)24-3/h5-10,20H,1H2,2-4H3,(H,21,22). The Balaban J connectivity index is 2.12. The molecule has 2 aromatic rings. The molecule has 7 heteroatoms. The lowest BCUT2D eigenvalue weighted by Crippen LogP contribution is -2.35. The molecule has 0 radical (unpaired) electrons. The monoisotopic (exact) mass is 362 g/mol. The van der Waals surface area contributed by atoms with Gasteiger partial charge in [0.15, 0.2) is 11.5 Å². The summed E-state index contributed by atoms with van der Waals surface area (Å²) in [6.45, 7) is 3.88. The molecule has 0 aliphatic heterocycles. The third kappa shape index (κ3) is 4.36. The topological polar surface area (TPSA) is 68.8 Å². The van der Waals surface area contributed by atoms with Crippen molar-refractivity contribution in [2.24, 2.45) is 0 Å². The second-order valence-electron chi connectivity index (χ2n) is 4.98. The van der Waals surface area contributed by atoms with Crippen molar-refractivity contribution < 1.29 is 19.0 Å². The Hall–Kier alpha value is -2.86. The molecular formula is C18H19ClN2O4. The molecule has 6 nitrogen and oxygen atoms in total. The first-order chi connectivity index (χ1) is 12.0. The van der Waals surface area contributed by atoms with E-state index in [9.17, 15) is 4.79 Å². The van der Waals surface area contributed by atoms with Crippen molar-refractivity contribution in [2.45, 2.75) is 0 Å².